The van der Waals surface area contributed by atoms with Crippen molar-refractivity contribution in [2.45, 2.75) is 103 Å². The van der Waals surface area contributed by atoms with Gasteiger partial charge in [-0.15, -0.1) is 11.3 Å². The molecule has 43 heavy (non-hydrogen) atoms. The van der Waals surface area contributed by atoms with E-state index in [1.54, 1.807) is 11.3 Å². The van der Waals surface area contributed by atoms with Gasteiger partial charge in [0.15, 0.2) is 5.82 Å². The molecule has 2 aliphatic heterocycles. The average Bonchev–Trinajstić information content (AvgIpc) is 3.58. The number of rotatable bonds is 10. The fourth-order valence-corrected chi connectivity index (χ4v) is 8.44. The number of nitrogens with one attached hydrogen (secondary N) is 2. The predicted octanol–water partition coefficient (Wildman–Crippen LogP) is 6.06. The summed E-state index contributed by atoms with van der Waals surface area (Å²) >= 11 is 1.57. The lowest BCUT2D eigenvalue weighted by Crippen LogP contribution is -2.53. The molecule has 9 heteroatoms. The summed E-state index contributed by atoms with van der Waals surface area (Å²) in [5.41, 5.74) is 11.7. The van der Waals surface area contributed by atoms with Gasteiger partial charge in [-0.2, -0.15) is 5.26 Å². The third-order valence-corrected chi connectivity index (χ3v) is 11.0. The van der Waals surface area contributed by atoms with Gasteiger partial charge >= 0.3 is 0 Å². The summed E-state index contributed by atoms with van der Waals surface area (Å²) in [5.74, 6) is 2.12. The average molecular weight is 603 g/mol. The summed E-state index contributed by atoms with van der Waals surface area (Å²) < 4.78 is 0. The van der Waals surface area contributed by atoms with Crippen LogP contribution in [0.15, 0.2) is 17.2 Å². The molecule has 8 nitrogen and oxygen atoms in total. The van der Waals surface area contributed by atoms with Crippen molar-refractivity contribution in [1.29, 1.82) is 10.7 Å². The minimum absolute atomic E-state index is 0.106. The van der Waals surface area contributed by atoms with Crippen molar-refractivity contribution in [2.24, 2.45) is 5.92 Å². The highest BCUT2D eigenvalue weighted by atomic mass is 32.1. The highest BCUT2D eigenvalue weighted by molar-refractivity contribution is 7.16. The van der Waals surface area contributed by atoms with Crippen LogP contribution >= 0.6 is 11.3 Å². The van der Waals surface area contributed by atoms with Crippen LogP contribution in [0.3, 0.4) is 0 Å². The van der Waals surface area contributed by atoms with E-state index in [-0.39, 0.29) is 5.92 Å². The fourth-order valence-electron chi connectivity index (χ4n) is 7.32. The number of anilines is 2. The van der Waals surface area contributed by atoms with Crippen LogP contribution in [0.5, 0.6) is 0 Å². The van der Waals surface area contributed by atoms with Gasteiger partial charge in [0, 0.05) is 54.3 Å². The number of aryl methyl sites for hydroxylation is 2. The number of thiophene rings is 1. The number of nitrogens with zero attached hydrogens (tertiary/aromatic N) is 5. The van der Waals surface area contributed by atoms with E-state index in [0.717, 1.165) is 87.2 Å². The molecule has 0 amide bonds. The second-order valence-corrected chi connectivity index (χ2v) is 14.3. The molecule has 0 spiro atoms. The Bertz CT molecular complexity index is 1390. The van der Waals surface area contributed by atoms with Crippen molar-refractivity contribution < 1.29 is 0 Å². The fraction of sp³-hybridized carbons (Fsp3) is 0.647. The molecule has 0 bridgehead atoms. The molecule has 0 radical (unpaired) electrons. The molecule has 3 aliphatic rings. The molecule has 1 unspecified atom stereocenters. The van der Waals surface area contributed by atoms with Gasteiger partial charge in [-0.3, -0.25) is 5.41 Å². The first kappa shape index (κ1) is 31.6. The molecule has 1 aliphatic carbocycles. The second kappa shape index (κ2) is 13.9. The molecule has 0 aromatic carbocycles. The molecule has 2 aromatic heterocycles. The van der Waals surface area contributed by atoms with Crippen molar-refractivity contribution in [2.75, 3.05) is 43.9 Å². The standard InChI is InChI=1S/C34H50N8S/c1-6-9-26(22(4)25-11-7-12-29-31(25)27(19-35)33(37)43-29)32(36)34-39-23(13-14-24-10-8-16-41(24)5)18-30(40-34)42-17-15-38-28(20-42)21(2)3/h18,21,24-25,28,36,38H,6-17,20,37H2,1-5H3/b26-22+,36-32?/t24-,25+,28?/m0/s1. The van der Waals surface area contributed by atoms with Crippen molar-refractivity contribution >= 4 is 27.9 Å². The number of nitrogen functional groups attached to an aromatic ring is 1. The second-order valence-electron chi connectivity index (χ2n) is 13.1. The molecule has 0 saturated carbocycles. The third kappa shape index (κ3) is 6.82. The van der Waals surface area contributed by atoms with Crippen molar-refractivity contribution in [3.05, 3.63) is 44.7 Å². The zero-order chi connectivity index (χ0) is 30.7. The maximum Gasteiger partial charge on any atom is 0.179 e. The van der Waals surface area contributed by atoms with E-state index in [2.05, 4.69) is 62.0 Å². The molecule has 4 N–H and O–H groups in total. The summed E-state index contributed by atoms with van der Waals surface area (Å²) in [5, 5.41) is 23.8. The maximum atomic E-state index is 9.96. The van der Waals surface area contributed by atoms with Crippen LogP contribution in [0.4, 0.5) is 10.8 Å². The van der Waals surface area contributed by atoms with Gasteiger partial charge in [0.2, 0.25) is 0 Å². The number of nitrogens with two attached hydrogens (primary N) is 1. The maximum absolute atomic E-state index is 9.96. The van der Waals surface area contributed by atoms with Crippen LogP contribution in [0, 0.1) is 22.7 Å². The predicted molar refractivity (Wildman–Crippen MR) is 178 cm³/mol. The van der Waals surface area contributed by atoms with Crippen LogP contribution < -0.4 is 16.0 Å². The number of nitriles is 1. The Morgan fingerprint density at radius 3 is 2.77 bits per heavy atom. The van der Waals surface area contributed by atoms with Crippen LogP contribution in [-0.4, -0.2) is 65.9 Å². The number of fused-ring (bicyclic) bond motifs is 1. The van der Waals surface area contributed by atoms with Gasteiger partial charge in [0.1, 0.15) is 22.6 Å². The summed E-state index contributed by atoms with van der Waals surface area (Å²) in [6, 6.07) is 5.58. The van der Waals surface area contributed by atoms with Crippen LogP contribution in [-0.2, 0) is 12.8 Å². The molecular weight excluding hydrogens is 552 g/mol. The summed E-state index contributed by atoms with van der Waals surface area (Å²) in [6.45, 7) is 12.8. The van der Waals surface area contributed by atoms with Gasteiger partial charge < -0.3 is 20.9 Å². The van der Waals surface area contributed by atoms with E-state index >= 15 is 0 Å². The minimum Gasteiger partial charge on any atom is -0.389 e. The largest absolute Gasteiger partial charge is 0.389 e. The van der Waals surface area contributed by atoms with Gasteiger partial charge in [-0.05, 0) is 88.9 Å². The van der Waals surface area contributed by atoms with Crippen molar-refractivity contribution in [3.8, 4) is 6.07 Å². The molecule has 232 valence electrons. The quantitative estimate of drug-likeness (QED) is 0.283. The number of piperazine rings is 1. The van der Waals surface area contributed by atoms with Crippen LogP contribution in [0.25, 0.3) is 0 Å². The summed E-state index contributed by atoms with van der Waals surface area (Å²) in [6.07, 6.45) is 9.21. The zero-order valence-corrected chi connectivity index (χ0v) is 27.6. The summed E-state index contributed by atoms with van der Waals surface area (Å²) in [7, 11) is 2.23. The number of aromatic nitrogens is 2. The minimum atomic E-state index is 0.106. The monoisotopic (exact) mass is 602 g/mol. The summed E-state index contributed by atoms with van der Waals surface area (Å²) in [4.78, 5) is 16.3. The van der Waals surface area contributed by atoms with E-state index in [1.165, 1.54) is 29.8 Å². The van der Waals surface area contributed by atoms with Crippen LogP contribution in [0.2, 0.25) is 0 Å². The molecular formula is C34H50N8S. The van der Waals surface area contributed by atoms with Gasteiger partial charge in [-0.25, -0.2) is 9.97 Å². The SMILES string of the molecule is CCC/C(C(=N)c1nc(CC[C@@H]2CCCN2C)cc(N2CCNC(C(C)C)C2)n1)=C(/C)[C@H]1CCCc2sc(N)c(C#N)c21. The van der Waals surface area contributed by atoms with E-state index in [9.17, 15) is 10.7 Å². The highest BCUT2D eigenvalue weighted by Gasteiger charge is 2.31. The van der Waals surface area contributed by atoms with Gasteiger partial charge in [0.05, 0.1) is 5.56 Å². The molecule has 2 saturated heterocycles. The first-order valence-corrected chi connectivity index (χ1v) is 17.2. The normalized spacial score (nSPS) is 23.3. The Morgan fingerprint density at radius 1 is 1.26 bits per heavy atom. The van der Waals surface area contributed by atoms with Gasteiger partial charge in [-0.1, -0.05) is 32.8 Å². The third-order valence-electron chi connectivity index (χ3n) is 9.94. The number of hydrogen-bond donors (Lipinski definition) is 3. The van der Waals surface area contributed by atoms with E-state index < -0.39 is 0 Å². The zero-order valence-electron chi connectivity index (χ0n) is 26.8. The van der Waals surface area contributed by atoms with Crippen LogP contribution in [0.1, 0.15) is 106 Å². The number of hydrogen-bond acceptors (Lipinski definition) is 9. The lowest BCUT2D eigenvalue weighted by molar-refractivity contribution is 0.296. The lowest BCUT2D eigenvalue weighted by Gasteiger charge is -2.36. The topological polar surface area (TPSA) is 118 Å². The molecule has 2 fully saturated rings. The Balaban J connectivity index is 1.52. The Kier molecular flexibility index (Phi) is 10.2. The van der Waals surface area contributed by atoms with E-state index in [4.69, 9.17) is 15.7 Å². The van der Waals surface area contributed by atoms with E-state index in [1.807, 2.05) is 0 Å². The van der Waals surface area contributed by atoms with Gasteiger partial charge in [0.25, 0.3) is 0 Å². The lowest BCUT2D eigenvalue weighted by atomic mass is 9.78. The molecule has 3 atom stereocenters. The van der Waals surface area contributed by atoms with Crippen molar-refractivity contribution in [1.82, 2.24) is 20.2 Å². The van der Waals surface area contributed by atoms with E-state index in [0.29, 0.717) is 40.1 Å². The first-order chi connectivity index (χ1) is 20.7. The first-order valence-electron chi connectivity index (χ1n) is 16.4. The number of allylic oxidation sites excluding steroid dienone is 2. The molecule has 2 aromatic rings. The molecule has 4 heterocycles. The number of likely N-dealkylation sites (tertiary alicyclic amines) is 1. The highest BCUT2D eigenvalue weighted by Crippen LogP contribution is 2.46. The molecule has 5 rings (SSSR count). The Morgan fingerprint density at radius 2 is 2.07 bits per heavy atom. The Hall–Kier alpha value is -2.80. The van der Waals surface area contributed by atoms with Crippen molar-refractivity contribution in [3.63, 3.8) is 0 Å². The Labute approximate surface area is 262 Å². The smallest absolute Gasteiger partial charge is 0.179 e.